The van der Waals surface area contributed by atoms with Gasteiger partial charge in [0.25, 0.3) is 5.91 Å². The van der Waals surface area contributed by atoms with Crippen LogP contribution in [-0.4, -0.2) is 49.2 Å². The van der Waals surface area contributed by atoms with Crippen molar-refractivity contribution >= 4 is 25.8 Å². The van der Waals surface area contributed by atoms with E-state index >= 15 is 0 Å². The molecular weight excluding hydrogens is 404 g/mol. The van der Waals surface area contributed by atoms with Crippen molar-refractivity contribution in [3.63, 3.8) is 0 Å². The van der Waals surface area contributed by atoms with Gasteiger partial charge in [0.2, 0.25) is 10.0 Å². The molecule has 10 heteroatoms. The Labute approximate surface area is 164 Å². The largest absolute Gasteiger partial charge is 0.495 e. The zero-order valence-electron chi connectivity index (χ0n) is 15.5. The molecule has 0 heterocycles. The lowest BCUT2D eigenvalue weighted by Gasteiger charge is -2.11. The minimum atomic E-state index is -3.81. The van der Waals surface area contributed by atoms with Gasteiger partial charge in [-0.25, -0.2) is 21.6 Å². The van der Waals surface area contributed by atoms with E-state index in [0.29, 0.717) is 0 Å². The first-order chi connectivity index (χ1) is 13.2. The molecule has 2 aromatic rings. The van der Waals surface area contributed by atoms with Crippen LogP contribution in [0.15, 0.2) is 58.3 Å². The van der Waals surface area contributed by atoms with E-state index in [1.54, 1.807) is 18.2 Å². The first-order valence-corrected chi connectivity index (χ1v) is 11.5. The smallest absolute Gasteiger partial charge is 0.251 e. The standard InChI is InChI=1S/C18H22N2O6S2/c1-19-28(24,25)17-13-14(9-10-16(17)26-2)18(21)20-11-6-12-27(22,23)15-7-4-3-5-8-15/h3-5,7-10,13,19H,6,11-12H2,1-2H3,(H,20,21). The highest BCUT2D eigenvalue weighted by Crippen LogP contribution is 2.24. The van der Waals surface area contributed by atoms with E-state index in [1.807, 2.05) is 0 Å². The first-order valence-electron chi connectivity index (χ1n) is 8.39. The summed E-state index contributed by atoms with van der Waals surface area (Å²) < 4.78 is 55.8. The molecule has 152 valence electrons. The fraction of sp³-hybridized carbons (Fsp3) is 0.278. The molecule has 0 aliphatic carbocycles. The number of nitrogens with one attached hydrogen (secondary N) is 2. The Morgan fingerprint density at radius 3 is 2.32 bits per heavy atom. The third kappa shape index (κ3) is 5.31. The zero-order valence-corrected chi connectivity index (χ0v) is 17.1. The van der Waals surface area contributed by atoms with Gasteiger partial charge in [-0.15, -0.1) is 0 Å². The second kappa shape index (κ2) is 9.18. The molecule has 0 saturated carbocycles. The van der Waals surface area contributed by atoms with Gasteiger partial charge in [0.05, 0.1) is 17.8 Å². The molecule has 2 N–H and O–H groups in total. The summed E-state index contributed by atoms with van der Waals surface area (Å²) in [6, 6.07) is 12.1. The van der Waals surface area contributed by atoms with Crippen molar-refractivity contribution in [3.8, 4) is 5.75 Å². The van der Waals surface area contributed by atoms with E-state index < -0.39 is 25.8 Å². The average Bonchev–Trinajstić information content (AvgIpc) is 2.71. The summed E-state index contributed by atoms with van der Waals surface area (Å²) in [5.41, 5.74) is 0.126. The van der Waals surface area contributed by atoms with Crippen LogP contribution in [0.2, 0.25) is 0 Å². The van der Waals surface area contributed by atoms with E-state index in [4.69, 9.17) is 4.74 Å². The monoisotopic (exact) mass is 426 g/mol. The minimum absolute atomic E-state index is 0.111. The Kier molecular flexibility index (Phi) is 7.17. The number of hydrogen-bond donors (Lipinski definition) is 2. The fourth-order valence-corrected chi connectivity index (χ4v) is 4.70. The Morgan fingerprint density at radius 2 is 1.71 bits per heavy atom. The number of benzene rings is 2. The number of amides is 1. The van der Waals surface area contributed by atoms with Gasteiger partial charge in [-0.3, -0.25) is 4.79 Å². The lowest BCUT2D eigenvalue weighted by atomic mass is 10.2. The van der Waals surface area contributed by atoms with Crippen LogP contribution in [0.1, 0.15) is 16.8 Å². The Balaban J connectivity index is 2.01. The highest BCUT2D eigenvalue weighted by atomic mass is 32.2. The van der Waals surface area contributed by atoms with Crippen LogP contribution < -0.4 is 14.8 Å². The quantitative estimate of drug-likeness (QED) is 0.582. The van der Waals surface area contributed by atoms with Crippen molar-refractivity contribution < 1.29 is 26.4 Å². The maximum atomic E-state index is 12.3. The van der Waals surface area contributed by atoms with Crippen LogP contribution in [0.25, 0.3) is 0 Å². The molecule has 8 nitrogen and oxygen atoms in total. The summed E-state index contributed by atoms with van der Waals surface area (Å²) in [5.74, 6) is -0.508. The topological polar surface area (TPSA) is 119 Å². The number of carbonyl (C=O) groups is 1. The van der Waals surface area contributed by atoms with E-state index in [0.717, 1.165) is 0 Å². The number of rotatable bonds is 9. The number of methoxy groups -OCH3 is 1. The molecule has 0 spiro atoms. The summed E-state index contributed by atoms with van der Waals surface area (Å²) in [6.07, 6.45) is 0.223. The third-order valence-corrected chi connectivity index (χ3v) is 7.21. The normalized spacial score (nSPS) is 11.8. The summed E-state index contributed by atoms with van der Waals surface area (Å²) in [6.45, 7) is 0.130. The predicted octanol–water partition coefficient (Wildman–Crippen LogP) is 1.20. The van der Waals surface area contributed by atoms with Gasteiger partial charge in [-0.05, 0) is 43.8 Å². The number of sulfonamides is 1. The van der Waals surface area contributed by atoms with Crippen molar-refractivity contribution in [1.82, 2.24) is 10.0 Å². The fourth-order valence-electron chi connectivity index (χ4n) is 2.45. The van der Waals surface area contributed by atoms with Gasteiger partial charge in [0.15, 0.2) is 9.84 Å². The van der Waals surface area contributed by atoms with Crippen LogP contribution in [-0.2, 0) is 19.9 Å². The molecule has 0 atom stereocenters. The molecule has 0 radical (unpaired) electrons. The van der Waals surface area contributed by atoms with Crippen molar-refractivity contribution in [2.45, 2.75) is 16.2 Å². The van der Waals surface area contributed by atoms with Gasteiger partial charge in [0, 0.05) is 12.1 Å². The minimum Gasteiger partial charge on any atom is -0.495 e. The van der Waals surface area contributed by atoms with Crippen molar-refractivity contribution in [3.05, 3.63) is 54.1 Å². The van der Waals surface area contributed by atoms with Crippen LogP contribution in [0.4, 0.5) is 0 Å². The lowest BCUT2D eigenvalue weighted by Crippen LogP contribution is -2.26. The summed E-state index contributed by atoms with van der Waals surface area (Å²) in [5, 5.41) is 2.60. The highest BCUT2D eigenvalue weighted by molar-refractivity contribution is 7.91. The van der Waals surface area contributed by atoms with Crippen molar-refractivity contribution in [1.29, 1.82) is 0 Å². The first kappa shape index (κ1) is 21.9. The van der Waals surface area contributed by atoms with Crippen molar-refractivity contribution in [2.24, 2.45) is 0 Å². The molecule has 28 heavy (non-hydrogen) atoms. The Morgan fingerprint density at radius 1 is 1.04 bits per heavy atom. The number of hydrogen-bond acceptors (Lipinski definition) is 6. The molecule has 0 unspecified atom stereocenters. The molecule has 0 saturated heterocycles. The molecule has 2 rings (SSSR count). The van der Waals surface area contributed by atoms with Gasteiger partial charge in [0.1, 0.15) is 10.6 Å². The molecule has 2 aromatic carbocycles. The maximum absolute atomic E-state index is 12.3. The molecule has 0 aliphatic heterocycles. The van der Waals surface area contributed by atoms with Crippen LogP contribution >= 0.6 is 0 Å². The Bertz CT molecular complexity index is 1040. The predicted molar refractivity (Wildman–Crippen MR) is 105 cm³/mol. The average molecular weight is 427 g/mol. The van der Waals surface area contributed by atoms with E-state index in [-0.39, 0.29) is 39.8 Å². The Hall–Kier alpha value is -2.43. The van der Waals surface area contributed by atoms with Crippen LogP contribution in [0, 0.1) is 0 Å². The third-order valence-electron chi connectivity index (χ3n) is 3.96. The van der Waals surface area contributed by atoms with Gasteiger partial charge < -0.3 is 10.1 Å². The molecular formula is C18H22N2O6S2. The molecule has 0 aromatic heterocycles. The molecule has 1 amide bonds. The van der Waals surface area contributed by atoms with E-state index in [2.05, 4.69) is 10.0 Å². The zero-order chi connectivity index (χ0) is 20.8. The second-order valence-electron chi connectivity index (χ2n) is 5.81. The molecule has 0 bridgehead atoms. The molecule has 0 fully saturated rings. The lowest BCUT2D eigenvalue weighted by molar-refractivity contribution is 0.0953. The van der Waals surface area contributed by atoms with Crippen LogP contribution in [0.3, 0.4) is 0 Å². The van der Waals surface area contributed by atoms with E-state index in [9.17, 15) is 21.6 Å². The van der Waals surface area contributed by atoms with Crippen LogP contribution in [0.5, 0.6) is 5.75 Å². The summed E-state index contributed by atoms with van der Waals surface area (Å²) >= 11 is 0. The molecule has 0 aliphatic rings. The number of sulfone groups is 1. The number of ether oxygens (including phenoxy) is 1. The number of carbonyl (C=O) groups excluding carboxylic acids is 1. The van der Waals surface area contributed by atoms with Gasteiger partial charge in [-0.1, -0.05) is 18.2 Å². The van der Waals surface area contributed by atoms with Gasteiger partial charge >= 0.3 is 0 Å². The second-order valence-corrected chi connectivity index (χ2v) is 9.78. The highest BCUT2D eigenvalue weighted by Gasteiger charge is 2.20. The summed E-state index contributed by atoms with van der Waals surface area (Å²) in [7, 11) is -4.63. The SMILES string of the molecule is CNS(=O)(=O)c1cc(C(=O)NCCCS(=O)(=O)c2ccccc2)ccc1OC. The maximum Gasteiger partial charge on any atom is 0.251 e. The van der Waals surface area contributed by atoms with E-state index in [1.165, 1.54) is 44.5 Å². The van der Waals surface area contributed by atoms with Crippen molar-refractivity contribution in [2.75, 3.05) is 26.5 Å². The van der Waals surface area contributed by atoms with Gasteiger partial charge in [-0.2, -0.15) is 0 Å². The summed E-state index contributed by atoms with van der Waals surface area (Å²) in [4.78, 5) is 12.4.